The summed E-state index contributed by atoms with van der Waals surface area (Å²) >= 11 is 1.43. The van der Waals surface area contributed by atoms with Crippen molar-refractivity contribution in [1.29, 1.82) is 0 Å². The van der Waals surface area contributed by atoms with Crippen molar-refractivity contribution in [1.82, 2.24) is 10.3 Å². The minimum atomic E-state index is 0.0602. The Morgan fingerprint density at radius 1 is 1.40 bits per heavy atom. The van der Waals surface area contributed by atoms with Gasteiger partial charge in [-0.25, -0.2) is 4.98 Å². The van der Waals surface area contributed by atoms with Crippen LogP contribution in [0.25, 0.3) is 0 Å². The summed E-state index contributed by atoms with van der Waals surface area (Å²) in [5, 5.41) is 3.78. The second-order valence-electron chi connectivity index (χ2n) is 4.93. The van der Waals surface area contributed by atoms with Crippen LogP contribution in [0.4, 0.5) is 5.69 Å². The van der Waals surface area contributed by atoms with E-state index < -0.39 is 0 Å². The molecule has 0 saturated heterocycles. The van der Waals surface area contributed by atoms with E-state index in [1.807, 2.05) is 6.07 Å². The number of amides is 1. The number of nitrogen functional groups attached to an aromatic ring is 1. The zero-order valence-corrected chi connectivity index (χ0v) is 12.4. The molecule has 0 spiro atoms. The van der Waals surface area contributed by atoms with Crippen LogP contribution in [0.2, 0.25) is 0 Å². The predicted molar refractivity (Wildman–Crippen MR) is 83.6 cm³/mol. The molecule has 0 unspecified atom stereocenters. The van der Waals surface area contributed by atoms with Crippen LogP contribution in [0.5, 0.6) is 0 Å². The summed E-state index contributed by atoms with van der Waals surface area (Å²) in [5.74, 6) is 0.459. The molecule has 1 aromatic rings. The molecule has 0 saturated carbocycles. The van der Waals surface area contributed by atoms with Crippen LogP contribution in [0.1, 0.15) is 32.1 Å². The first-order chi connectivity index (χ1) is 9.74. The minimum Gasteiger partial charge on any atom is -0.397 e. The summed E-state index contributed by atoms with van der Waals surface area (Å²) in [4.78, 5) is 15.9. The molecule has 1 heterocycles. The zero-order valence-electron chi connectivity index (χ0n) is 11.6. The fourth-order valence-corrected chi connectivity index (χ4v) is 2.83. The molecule has 1 amide bonds. The van der Waals surface area contributed by atoms with E-state index in [0.717, 1.165) is 18.0 Å². The molecule has 3 N–H and O–H groups in total. The van der Waals surface area contributed by atoms with E-state index in [-0.39, 0.29) is 5.91 Å². The molecule has 0 radical (unpaired) electrons. The van der Waals surface area contributed by atoms with E-state index in [0.29, 0.717) is 11.4 Å². The minimum absolute atomic E-state index is 0.0602. The molecule has 4 nitrogen and oxygen atoms in total. The fourth-order valence-electron chi connectivity index (χ4n) is 2.16. The number of pyridine rings is 1. The van der Waals surface area contributed by atoms with Gasteiger partial charge in [0.25, 0.3) is 0 Å². The third-order valence-corrected chi connectivity index (χ3v) is 4.21. The SMILES string of the molecule is Nc1ccc(SCC(=O)NCCC2=CCCCC2)nc1. The van der Waals surface area contributed by atoms with Gasteiger partial charge in [-0.3, -0.25) is 4.79 Å². The molecular formula is C15H21N3OS. The Bertz CT molecular complexity index is 471. The van der Waals surface area contributed by atoms with Gasteiger partial charge in [0, 0.05) is 6.54 Å². The molecule has 1 aromatic heterocycles. The van der Waals surface area contributed by atoms with Crippen LogP contribution in [0, 0.1) is 0 Å². The lowest BCUT2D eigenvalue weighted by Gasteiger charge is -2.12. The maximum Gasteiger partial charge on any atom is 0.230 e. The Kier molecular flexibility index (Phi) is 5.92. The maximum absolute atomic E-state index is 11.7. The molecule has 5 heteroatoms. The lowest BCUT2D eigenvalue weighted by atomic mass is 9.97. The number of anilines is 1. The molecular weight excluding hydrogens is 270 g/mol. The second kappa shape index (κ2) is 7.94. The van der Waals surface area contributed by atoms with Crippen molar-refractivity contribution >= 4 is 23.4 Å². The van der Waals surface area contributed by atoms with Crippen molar-refractivity contribution in [2.24, 2.45) is 0 Å². The monoisotopic (exact) mass is 291 g/mol. The molecule has 108 valence electrons. The first-order valence-electron chi connectivity index (χ1n) is 7.03. The molecule has 0 aliphatic heterocycles. The Morgan fingerprint density at radius 3 is 3.00 bits per heavy atom. The highest BCUT2D eigenvalue weighted by Gasteiger charge is 2.06. The van der Waals surface area contributed by atoms with Crippen molar-refractivity contribution in [2.75, 3.05) is 18.0 Å². The van der Waals surface area contributed by atoms with Gasteiger partial charge < -0.3 is 11.1 Å². The van der Waals surface area contributed by atoms with Gasteiger partial charge in [0.05, 0.1) is 22.7 Å². The van der Waals surface area contributed by atoms with Gasteiger partial charge in [0.15, 0.2) is 0 Å². The Balaban J connectivity index is 1.62. The summed E-state index contributed by atoms with van der Waals surface area (Å²) in [5.41, 5.74) is 7.69. The highest BCUT2D eigenvalue weighted by Crippen LogP contribution is 2.19. The van der Waals surface area contributed by atoms with E-state index in [2.05, 4.69) is 16.4 Å². The largest absolute Gasteiger partial charge is 0.397 e. The number of aromatic nitrogens is 1. The number of rotatable bonds is 6. The number of carbonyl (C=O) groups is 1. The van der Waals surface area contributed by atoms with Gasteiger partial charge in [-0.1, -0.05) is 23.4 Å². The zero-order chi connectivity index (χ0) is 14.2. The van der Waals surface area contributed by atoms with Crippen molar-refractivity contribution < 1.29 is 4.79 Å². The smallest absolute Gasteiger partial charge is 0.230 e. The number of hydrogen-bond donors (Lipinski definition) is 2. The Labute approximate surface area is 124 Å². The average molecular weight is 291 g/mol. The lowest BCUT2D eigenvalue weighted by Crippen LogP contribution is -2.26. The van der Waals surface area contributed by atoms with Crippen LogP contribution in [0.3, 0.4) is 0 Å². The van der Waals surface area contributed by atoms with Gasteiger partial charge in [0.1, 0.15) is 0 Å². The van der Waals surface area contributed by atoms with E-state index in [1.165, 1.54) is 43.0 Å². The molecule has 0 bridgehead atoms. The first kappa shape index (κ1) is 14.9. The van der Waals surface area contributed by atoms with Crippen molar-refractivity contribution in [3.05, 3.63) is 30.0 Å². The van der Waals surface area contributed by atoms with E-state index >= 15 is 0 Å². The number of nitrogens with two attached hydrogens (primary N) is 1. The number of nitrogens with zero attached hydrogens (tertiary/aromatic N) is 1. The van der Waals surface area contributed by atoms with Gasteiger partial charge >= 0.3 is 0 Å². The molecule has 0 fully saturated rings. The quantitative estimate of drug-likeness (QED) is 0.624. The van der Waals surface area contributed by atoms with Gasteiger partial charge in [-0.2, -0.15) is 0 Å². The number of hydrogen-bond acceptors (Lipinski definition) is 4. The summed E-state index contributed by atoms with van der Waals surface area (Å²) in [6, 6.07) is 3.63. The van der Waals surface area contributed by atoms with Gasteiger partial charge in [0.2, 0.25) is 5.91 Å². The summed E-state index contributed by atoms with van der Waals surface area (Å²) < 4.78 is 0. The Morgan fingerprint density at radius 2 is 2.30 bits per heavy atom. The highest BCUT2D eigenvalue weighted by atomic mass is 32.2. The van der Waals surface area contributed by atoms with Crippen molar-refractivity contribution in [2.45, 2.75) is 37.1 Å². The number of carbonyl (C=O) groups excluding carboxylic acids is 1. The van der Waals surface area contributed by atoms with Crippen LogP contribution in [-0.4, -0.2) is 23.2 Å². The topological polar surface area (TPSA) is 68.0 Å². The number of nitrogens with one attached hydrogen (secondary N) is 1. The summed E-state index contributed by atoms with van der Waals surface area (Å²) in [6.07, 6.45) is 9.90. The molecule has 1 aliphatic carbocycles. The summed E-state index contributed by atoms with van der Waals surface area (Å²) in [6.45, 7) is 0.737. The fraction of sp³-hybridized carbons (Fsp3) is 0.467. The molecule has 2 rings (SSSR count). The normalized spacial score (nSPS) is 14.7. The third kappa shape index (κ3) is 5.25. The van der Waals surface area contributed by atoms with Crippen LogP contribution in [-0.2, 0) is 4.79 Å². The second-order valence-corrected chi connectivity index (χ2v) is 5.92. The maximum atomic E-state index is 11.7. The van der Waals surface area contributed by atoms with Gasteiger partial charge in [-0.15, -0.1) is 0 Å². The van der Waals surface area contributed by atoms with Gasteiger partial charge in [-0.05, 0) is 44.2 Å². The number of allylic oxidation sites excluding steroid dienone is 1. The van der Waals surface area contributed by atoms with E-state index in [9.17, 15) is 4.79 Å². The Hall–Kier alpha value is -1.49. The lowest BCUT2D eigenvalue weighted by molar-refractivity contribution is -0.118. The van der Waals surface area contributed by atoms with Crippen LogP contribution in [0.15, 0.2) is 35.0 Å². The first-order valence-corrected chi connectivity index (χ1v) is 8.01. The van der Waals surface area contributed by atoms with Crippen molar-refractivity contribution in [3.63, 3.8) is 0 Å². The standard InChI is InChI=1S/C15H21N3OS/c16-13-6-7-15(18-10-13)20-11-14(19)17-9-8-12-4-2-1-3-5-12/h4,6-7,10H,1-3,5,8-9,11,16H2,(H,17,19). The summed E-state index contributed by atoms with van der Waals surface area (Å²) in [7, 11) is 0. The van der Waals surface area contributed by atoms with E-state index in [1.54, 1.807) is 12.3 Å². The van der Waals surface area contributed by atoms with Crippen LogP contribution < -0.4 is 11.1 Å². The van der Waals surface area contributed by atoms with E-state index in [4.69, 9.17) is 5.73 Å². The van der Waals surface area contributed by atoms with Crippen LogP contribution >= 0.6 is 11.8 Å². The molecule has 0 atom stereocenters. The van der Waals surface area contributed by atoms with Crippen molar-refractivity contribution in [3.8, 4) is 0 Å². The molecule has 0 aromatic carbocycles. The predicted octanol–water partition coefficient (Wildman–Crippen LogP) is 2.76. The number of thioether (sulfide) groups is 1. The highest BCUT2D eigenvalue weighted by molar-refractivity contribution is 7.99. The molecule has 1 aliphatic rings. The third-order valence-electron chi connectivity index (χ3n) is 3.26. The molecule has 20 heavy (non-hydrogen) atoms. The average Bonchev–Trinajstić information content (AvgIpc) is 2.48.